The monoisotopic (exact) mass is 455 g/mol. The zero-order valence-corrected chi connectivity index (χ0v) is 17.0. The third-order valence-electron chi connectivity index (χ3n) is 6.17. The molecule has 3 aliphatic rings. The molecule has 3 heterocycles. The third-order valence-corrected chi connectivity index (χ3v) is 6.17. The van der Waals surface area contributed by atoms with E-state index in [4.69, 9.17) is 14.2 Å². The van der Waals surface area contributed by atoms with Crippen LogP contribution in [0, 0.1) is 0 Å². The number of fused-ring (bicyclic) bond motifs is 5. The van der Waals surface area contributed by atoms with Gasteiger partial charge < -0.3 is 23.8 Å². The number of halogens is 3. The maximum atomic E-state index is 14.0. The fraction of sp³-hybridized carbons (Fsp3) is 0.208. The zero-order valence-electron chi connectivity index (χ0n) is 17.0. The Kier molecular flexibility index (Phi) is 4.08. The first-order chi connectivity index (χ1) is 15.9. The van der Waals surface area contributed by atoms with E-state index >= 15 is 0 Å². The molecule has 0 aliphatic carbocycles. The molecule has 1 amide bonds. The summed E-state index contributed by atoms with van der Waals surface area (Å²) in [5, 5.41) is 0. The second-order valence-corrected chi connectivity index (χ2v) is 7.96. The van der Waals surface area contributed by atoms with E-state index in [9.17, 15) is 18.0 Å². The molecule has 1 spiro atoms. The zero-order chi connectivity index (χ0) is 22.8. The van der Waals surface area contributed by atoms with Crippen molar-refractivity contribution in [1.82, 2.24) is 0 Å². The fourth-order valence-corrected chi connectivity index (χ4v) is 4.75. The van der Waals surface area contributed by atoms with Gasteiger partial charge in [0.1, 0.15) is 23.5 Å². The van der Waals surface area contributed by atoms with Crippen molar-refractivity contribution in [3.63, 3.8) is 0 Å². The summed E-state index contributed by atoms with van der Waals surface area (Å²) >= 11 is 0. The van der Waals surface area contributed by atoms with Crippen LogP contribution in [-0.4, -0.2) is 25.7 Å². The van der Waals surface area contributed by atoms with Crippen LogP contribution >= 0.6 is 0 Å². The lowest BCUT2D eigenvalue weighted by atomic mass is 9.77. The molecule has 1 unspecified atom stereocenters. The number of benzene rings is 3. The minimum atomic E-state index is -4.84. The van der Waals surface area contributed by atoms with Crippen molar-refractivity contribution in [2.45, 2.75) is 18.3 Å². The quantitative estimate of drug-likeness (QED) is 0.581. The van der Waals surface area contributed by atoms with Gasteiger partial charge in [-0.2, -0.15) is 0 Å². The van der Waals surface area contributed by atoms with Gasteiger partial charge in [-0.25, -0.2) is 0 Å². The van der Waals surface area contributed by atoms with Crippen molar-refractivity contribution in [2.24, 2.45) is 0 Å². The SMILES string of the molecule is O=C1N(Cc2ccccc2OC(F)(F)F)c2ccccc2C12COc1cc3c(cc12)OCO3. The van der Waals surface area contributed by atoms with Crippen LogP contribution in [-0.2, 0) is 16.8 Å². The Hall–Kier alpha value is -3.88. The number of hydrogen-bond acceptors (Lipinski definition) is 5. The summed E-state index contributed by atoms with van der Waals surface area (Å²) in [6.07, 6.45) is -4.84. The van der Waals surface area contributed by atoms with Gasteiger partial charge in [0.25, 0.3) is 0 Å². The van der Waals surface area contributed by atoms with Gasteiger partial charge in [-0.05, 0) is 23.8 Å². The number of carbonyl (C=O) groups is 1. The van der Waals surface area contributed by atoms with Crippen molar-refractivity contribution in [2.75, 3.05) is 18.3 Å². The van der Waals surface area contributed by atoms with E-state index in [1.165, 1.54) is 23.1 Å². The molecule has 3 aromatic rings. The van der Waals surface area contributed by atoms with Crippen LogP contribution < -0.4 is 23.8 Å². The van der Waals surface area contributed by atoms with Gasteiger partial charge in [-0.1, -0.05) is 36.4 Å². The maximum Gasteiger partial charge on any atom is 0.573 e. The lowest BCUT2D eigenvalue weighted by Gasteiger charge is -2.24. The summed E-state index contributed by atoms with van der Waals surface area (Å²) in [5.41, 5.74) is 1.08. The number of para-hydroxylation sites is 2. The highest BCUT2D eigenvalue weighted by atomic mass is 19.4. The molecule has 0 bridgehead atoms. The molecule has 1 atom stereocenters. The first-order valence-electron chi connectivity index (χ1n) is 10.2. The number of nitrogens with zero attached hydrogens (tertiary/aromatic N) is 1. The summed E-state index contributed by atoms with van der Waals surface area (Å²) in [7, 11) is 0. The Labute approximate surface area is 186 Å². The first-order valence-corrected chi connectivity index (χ1v) is 10.2. The molecular formula is C24H16F3NO5. The molecule has 3 aliphatic heterocycles. The molecule has 0 radical (unpaired) electrons. The van der Waals surface area contributed by atoms with Crippen molar-refractivity contribution >= 4 is 11.6 Å². The second-order valence-electron chi connectivity index (χ2n) is 7.96. The molecule has 168 valence electrons. The Bertz CT molecular complexity index is 1290. The topological polar surface area (TPSA) is 57.2 Å². The summed E-state index contributed by atoms with van der Waals surface area (Å²) in [5.74, 6) is 0.946. The summed E-state index contributed by atoms with van der Waals surface area (Å²) in [6, 6.07) is 16.5. The number of rotatable bonds is 3. The molecular weight excluding hydrogens is 439 g/mol. The Morgan fingerprint density at radius 1 is 0.909 bits per heavy atom. The van der Waals surface area contributed by atoms with E-state index in [-0.39, 0.29) is 37.2 Å². The van der Waals surface area contributed by atoms with Gasteiger partial charge in [0.05, 0.1) is 6.54 Å². The minimum Gasteiger partial charge on any atom is -0.491 e. The third kappa shape index (κ3) is 2.92. The van der Waals surface area contributed by atoms with Gasteiger partial charge in [0.15, 0.2) is 11.5 Å². The van der Waals surface area contributed by atoms with E-state index in [1.54, 1.807) is 30.3 Å². The molecule has 0 fully saturated rings. The van der Waals surface area contributed by atoms with Gasteiger partial charge in [-0.15, -0.1) is 13.2 Å². The van der Waals surface area contributed by atoms with Crippen molar-refractivity contribution < 1.29 is 36.9 Å². The van der Waals surface area contributed by atoms with E-state index in [0.717, 1.165) is 5.56 Å². The van der Waals surface area contributed by atoms with Gasteiger partial charge in [0, 0.05) is 22.9 Å². The van der Waals surface area contributed by atoms with E-state index in [2.05, 4.69) is 4.74 Å². The van der Waals surface area contributed by atoms with Crippen LogP contribution in [0.3, 0.4) is 0 Å². The Morgan fingerprint density at radius 2 is 1.64 bits per heavy atom. The molecule has 6 rings (SSSR count). The standard InChI is InChI=1S/C24H16F3NO5/c25-24(26,27)33-18-8-4-1-5-14(18)11-28-17-7-3-2-6-15(17)23(22(28)29)12-30-19-10-21-20(9-16(19)23)31-13-32-21/h1-10H,11-13H2. The molecule has 0 saturated heterocycles. The van der Waals surface area contributed by atoms with Crippen LogP contribution in [0.15, 0.2) is 60.7 Å². The smallest absolute Gasteiger partial charge is 0.491 e. The van der Waals surface area contributed by atoms with Crippen molar-refractivity contribution in [1.29, 1.82) is 0 Å². The van der Waals surface area contributed by atoms with Crippen LogP contribution in [0.1, 0.15) is 16.7 Å². The normalized spacial score (nSPS) is 20.1. The lowest BCUT2D eigenvalue weighted by Crippen LogP contribution is -2.42. The highest BCUT2D eigenvalue weighted by Gasteiger charge is 2.57. The molecule has 3 aromatic carbocycles. The second kappa shape index (κ2) is 6.81. The summed E-state index contributed by atoms with van der Waals surface area (Å²) < 4.78 is 59.8. The molecule has 0 aromatic heterocycles. The predicted molar refractivity (Wildman–Crippen MR) is 110 cm³/mol. The maximum absolute atomic E-state index is 14.0. The molecule has 0 N–H and O–H groups in total. The highest BCUT2D eigenvalue weighted by Crippen LogP contribution is 2.55. The van der Waals surface area contributed by atoms with Crippen LogP contribution in [0.5, 0.6) is 23.0 Å². The molecule has 0 saturated carbocycles. The van der Waals surface area contributed by atoms with Crippen LogP contribution in [0.25, 0.3) is 0 Å². The summed E-state index contributed by atoms with van der Waals surface area (Å²) in [6.45, 7) is 0.0554. The number of hydrogen-bond donors (Lipinski definition) is 0. The average Bonchev–Trinajstić information content (AvgIpc) is 3.45. The van der Waals surface area contributed by atoms with Gasteiger partial charge in [-0.3, -0.25) is 4.79 Å². The van der Waals surface area contributed by atoms with Gasteiger partial charge in [0.2, 0.25) is 12.7 Å². The number of alkyl halides is 3. The average molecular weight is 455 g/mol. The predicted octanol–water partition coefficient (Wildman–Crippen LogP) is 4.54. The van der Waals surface area contributed by atoms with Crippen molar-refractivity contribution in [3.8, 4) is 23.0 Å². The molecule has 33 heavy (non-hydrogen) atoms. The largest absolute Gasteiger partial charge is 0.573 e. The number of ether oxygens (including phenoxy) is 4. The fourth-order valence-electron chi connectivity index (χ4n) is 4.75. The Morgan fingerprint density at radius 3 is 2.45 bits per heavy atom. The van der Waals surface area contributed by atoms with Crippen molar-refractivity contribution in [3.05, 3.63) is 77.4 Å². The molecule has 9 heteroatoms. The number of anilines is 1. The molecule has 6 nitrogen and oxygen atoms in total. The highest BCUT2D eigenvalue weighted by molar-refractivity contribution is 6.11. The Balaban J connectivity index is 1.45. The number of amides is 1. The number of carbonyl (C=O) groups excluding carboxylic acids is 1. The van der Waals surface area contributed by atoms with E-state index in [0.29, 0.717) is 28.5 Å². The van der Waals surface area contributed by atoms with Gasteiger partial charge >= 0.3 is 6.36 Å². The van der Waals surface area contributed by atoms with Crippen LogP contribution in [0.2, 0.25) is 0 Å². The van der Waals surface area contributed by atoms with E-state index < -0.39 is 11.8 Å². The van der Waals surface area contributed by atoms with Crippen LogP contribution in [0.4, 0.5) is 18.9 Å². The first kappa shape index (κ1) is 19.8. The van der Waals surface area contributed by atoms with E-state index in [1.807, 2.05) is 12.1 Å². The minimum absolute atomic E-state index is 0.0677. The lowest BCUT2D eigenvalue weighted by molar-refractivity contribution is -0.274. The summed E-state index contributed by atoms with van der Waals surface area (Å²) in [4.78, 5) is 15.4.